The van der Waals surface area contributed by atoms with Crippen LogP contribution in [0.25, 0.3) is 0 Å². The monoisotopic (exact) mass is 259 g/mol. The number of hydrogen-bond acceptors (Lipinski definition) is 2. The average molecular weight is 259 g/mol. The standard InChI is InChI=1S/C13H16F3NO/c14-13(15,16)9-18-7-3-5-11-8-10-4-1-2-6-12(10)17-11/h1-2,4,6,11,17H,3,5,7-9H2. The molecular formula is C13H16F3NO. The van der Waals surface area contributed by atoms with Gasteiger partial charge >= 0.3 is 6.18 Å². The summed E-state index contributed by atoms with van der Waals surface area (Å²) in [5.41, 5.74) is 2.41. The third-order valence-electron chi connectivity index (χ3n) is 2.95. The second kappa shape index (κ2) is 5.61. The van der Waals surface area contributed by atoms with Gasteiger partial charge in [0, 0.05) is 18.3 Å². The Morgan fingerprint density at radius 2 is 2.06 bits per heavy atom. The van der Waals surface area contributed by atoms with Gasteiger partial charge in [0.2, 0.25) is 0 Å². The topological polar surface area (TPSA) is 21.3 Å². The van der Waals surface area contributed by atoms with Crippen molar-refractivity contribution in [3.63, 3.8) is 0 Å². The first-order chi connectivity index (χ1) is 8.54. The predicted octanol–water partition coefficient (Wildman–Crippen LogP) is 3.38. The first kappa shape index (κ1) is 13.2. The van der Waals surface area contributed by atoms with Crippen molar-refractivity contribution in [3.8, 4) is 0 Å². The van der Waals surface area contributed by atoms with Gasteiger partial charge in [-0.2, -0.15) is 13.2 Å². The molecule has 1 aliphatic rings. The Morgan fingerprint density at radius 3 is 2.78 bits per heavy atom. The van der Waals surface area contributed by atoms with E-state index in [1.54, 1.807) is 0 Å². The van der Waals surface area contributed by atoms with Gasteiger partial charge in [-0.1, -0.05) is 18.2 Å². The quantitative estimate of drug-likeness (QED) is 0.818. The number of rotatable bonds is 5. The van der Waals surface area contributed by atoms with E-state index in [0.717, 1.165) is 18.5 Å². The number of anilines is 1. The first-order valence-electron chi connectivity index (χ1n) is 6.03. The van der Waals surface area contributed by atoms with E-state index in [9.17, 15) is 13.2 Å². The second-order valence-electron chi connectivity index (χ2n) is 4.51. The maximum absolute atomic E-state index is 11.8. The minimum atomic E-state index is -4.22. The van der Waals surface area contributed by atoms with E-state index in [2.05, 4.69) is 16.1 Å². The van der Waals surface area contributed by atoms with Gasteiger partial charge < -0.3 is 10.1 Å². The largest absolute Gasteiger partial charge is 0.411 e. The average Bonchev–Trinajstić information content (AvgIpc) is 2.69. The Bertz CT molecular complexity index is 367. The van der Waals surface area contributed by atoms with Crippen LogP contribution in [0.1, 0.15) is 18.4 Å². The summed E-state index contributed by atoms with van der Waals surface area (Å²) in [5, 5.41) is 3.36. The van der Waals surface area contributed by atoms with Gasteiger partial charge in [-0.3, -0.25) is 0 Å². The van der Waals surface area contributed by atoms with Crippen molar-refractivity contribution in [3.05, 3.63) is 29.8 Å². The fourth-order valence-corrected chi connectivity index (χ4v) is 2.17. The zero-order valence-electron chi connectivity index (χ0n) is 9.96. The Morgan fingerprint density at radius 1 is 1.28 bits per heavy atom. The third-order valence-corrected chi connectivity index (χ3v) is 2.95. The molecule has 2 rings (SSSR count). The number of alkyl halides is 3. The molecule has 0 bridgehead atoms. The number of benzene rings is 1. The minimum absolute atomic E-state index is 0.161. The molecule has 1 heterocycles. The number of halogens is 3. The molecule has 0 saturated heterocycles. The molecule has 1 unspecified atom stereocenters. The lowest BCUT2D eigenvalue weighted by atomic mass is 10.1. The van der Waals surface area contributed by atoms with Crippen LogP contribution >= 0.6 is 0 Å². The molecule has 0 aliphatic carbocycles. The van der Waals surface area contributed by atoms with Crippen LogP contribution in [-0.2, 0) is 11.2 Å². The Labute approximate surface area is 104 Å². The molecule has 0 fully saturated rings. The number of fused-ring (bicyclic) bond motifs is 1. The molecule has 18 heavy (non-hydrogen) atoms. The van der Waals surface area contributed by atoms with E-state index >= 15 is 0 Å². The van der Waals surface area contributed by atoms with E-state index in [0.29, 0.717) is 12.5 Å². The lowest BCUT2D eigenvalue weighted by Gasteiger charge is -2.11. The molecule has 1 aromatic carbocycles. The van der Waals surface area contributed by atoms with E-state index in [4.69, 9.17) is 0 Å². The number of nitrogens with one attached hydrogen (secondary N) is 1. The van der Waals surface area contributed by atoms with Gasteiger partial charge in [0.05, 0.1) is 0 Å². The van der Waals surface area contributed by atoms with Crippen LogP contribution in [-0.4, -0.2) is 25.4 Å². The Balaban J connectivity index is 1.63. The highest BCUT2D eigenvalue weighted by Gasteiger charge is 2.27. The van der Waals surface area contributed by atoms with Crippen molar-refractivity contribution in [1.82, 2.24) is 0 Å². The molecule has 1 aliphatic heterocycles. The van der Waals surface area contributed by atoms with Crippen LogP contribution in [0.5, 0.6) is 0 Å². The van der Waals surface area contributed by atoms with Gasteiger partial charge in [0.15, 0.2) is 0 Å². The smallest absolute Gasteiger partial charge is 0.382 e. The summed E-state index contributed by atoms with van der Waals surface area (Å²) in [6.45, 7) is -0.987. The zero-order valence-corrected chi connectivity index (χ0v) is 9.96. The predicted molar refractivity (Wildman–Crippen MR) is 63.7 cm³/mol. The summed E-state index contributed by atoms with van der Waals surface area (Å²) >= 11 is 0. The van der Waals surface area contributed by atoms with E-state index < -0.39 is 12.8 Å². The van der Waals surface area contributed by atoms with Crippen LogP contribution in [0, 0.1) is 0 Å². The summed E-state index contributed by atoms with van der Waals surface area (Å²) in [6.07, 6.45) is -1.81. The SMILES string of the molecule is FC(F)(F)COCCCC1Cc2ccccc2N1. The molecule has 0 spiro atoms. The fourth-order valence-electron chi connectivity index (χ4n) is 2.17. The highest BCUT2D eigenvalue weighted by atomic mass is 19.4. The van der Waals surface area contributed by atoms with E-state index in [-0.39, 0.29) is 6.61 Å². The molecule has 0 saturated carbocycles. The van der Waals surface area contributed by atoms with Crippen molar-refractivity contribution in [2.45, 2.75) is 31.5 Å². The minimum Gasteiger partial charge on any atom is -0.382 e. The van der Waals surface area contributed by atoms with Gasteiger partial charge in [-0.25, -0.2) is 0 Å². The third kappa shape index (κ3) is 3.91. The molecule has 100 valence electrons. The molecule has 5 heteroatoms. The van der Waals surface area contributed by atoms with Gasteiger partial charge in [0.25, 0.3) is 0 Å². The van der Waals surface area contributed by atoms with Crippen molar-refractivity contribution in [1.29, 1.82) is 0 Å². The maximum Gasteiger partial charge on any atom is 0.411 e. The summed E-state index contributed by atoms with van der Waals surface area (Å²) in [4.78, 5) is 0. The summed E-state index contributed by atoms with van der Waals surface area (Å²) in [7, 11) is 0. The summed E-state index contributed by atoms with van der Waals surface area (Å²) in [6, 6.07) is 8.38. The second-order valence-corrected chi connectivity index (χ2v) is 4.51. The molecule has 0 amide bonds. The molecule has 1 N–H and O–H groups in total. The first-order valence-corrected chi connectivity index (χ1v) is 6.03. The lowest BCUT2D eigenvalue weighted by Crippen LogP contribution is -2.19. The lowest BCUT2D eigenvalue weighted by molar-refractivity contribution is -0.174. The van der Waals surface area contributed by atoms with Crippen LogP contribution in [0.4, 0.5) is 18.9 Å². The molecule has 1 atom stereocenters. The zero-order chi connectivity index (χ0) is 13.0. The number of para-hydroxylation sites is 1. The van der Waals surface area contributed by atoms with E-state index in [1.165, 1.54) is 5.56 Å². The Kier molecular flexibility index (Phi) is 4.11. The fraction of sp³-hybridized carbons (Fsp3) is 0.538. The van der Waals surface area contributed by atoms with Gasteiger partial charge in [0.1, 0.15) is 6.61 Å². The maximum atomic E-state index is 11.8. The van der Waals surface area contributed by atoms with Crippen molar-refractivity contribution < 1.29 is 17.9 Å². The molecule has 1 aromatic rings. The van der Waals surface area contributed by atoms with Crippen LogP contribution < -0.4 is 5.32 Å². The molecule has 0 radical (unpaired) electrons. The highest BCUT2D eigenvalue weighted by Crippen LogP contribution is 2.27. The van der Waals surface area contributed by atoms with Crippen molar-refractivity contribution >= 4 is 5.69 Å². The van der Waals surface area contributed by atoms with Crippen LogP contribution in [0.3, 0.4) is 0 Å². The van der Waals surface area contributed by atoms with Crippen LogP contribution in [0.2, 0.25) is 0 Å². The molecular weight excluding hydrogens is 243 g/mol. The Hall–Kier alpha value is -1.23. The van der Waals surface area contributed by atoms with Crippen LogP contribution in [0.15, 0.2) is 24.3 Å². The normalized spacial score (nSPS) is 18.5. The summed E-state index contributed by atoms with van der Waals surface area (Å²) < 4.78 is 40.1. The number of hydrogen-bond donors (Lipinski definition) is 1. The van der Waals surface area contributed by atoms with Crippen molar-refractivity contribution in [2.24, 2.45) is 0 Å². The molecule has 0 aromatic heterocycles. The molecule has 2 nitrogen and oxygen atoms in total. The van der Waals surface area contributed by atoms with E-state index in [1.807, 2.05) is 18.2 Å². The highest BCUT2D eigenvalue weighted by molar-refractivity contribution is 5.56. The number of ether oxygens (including phenoxy) is 1. The van der Waals surface area contributed by atoms with Gasteiger partial charge in [-0.05, 0) is 30.9 Å². The summed E-state index contributed by atoms with van der Waals surface area (Å²) in [5.74, 6) is 0. The van der Waals surface area contributed by atoms with Crippen molar-refractivity contribution in [2.75, 3.05) is 18.5 Å². The van der Waals surface area contributed by atoms with Gasteiger partial charge in [-0.15, -0.1) is 0 Å².